The molecule has 1 aromatic heterocycles. The molecule has 0 atom stereocenters. The number of hydrogen-bond acceptors (Lipinski definition) is 4. The first-order chi connectivity index (χ1) is 11.0. The fourth-order valence-corrected chi connectivity index (χ4v) is 2.82. The Kier molecular flexibility index (Phi) is 3.52. The summed E-state index contributed by atoms with van der Waals surface area (Å²) in [7, 11) is 1.54. The van der Waals surface area contributed by atoms with Crippen LogP contribution in [0.3, 0.4) is 0 Å². The summed E-state index contributed by atoms with van der Waals surface area (Å²) in [6.07, 6.45) is 0.706. The van der Waals surface area contributed by atoms with Gasteiger partial charge in [-0.05, 0) is 37.1 Å². The van der Waals surface area contributed by atoms with Gasteiger partial charge in [0, 0.05) is 12.7 Å². The summed E-state index contributed by atoms with van der Waals surface area (Å²) in [6, 6.07) is 8.33. The number of benzene rings is 1. The Morgan fingerprint density at radius 1 is 1.09 bits per heavy atom. The van der Waals surface area contributed by atoms with Crippen molar-refractivity contribution in [3.63, 3.8) is 0 Å². The number of fused-ring (bicyclic) bond motifs is 1. The molecular formula is C17H17N3O3. The van der Waals surface area contributed by atoms with E-state index in [1.807, 2.05) is 13.8 Å². The lowest BCUT2D eigenvalue weighted by Crippen LogP contribution is -2.46. The van der Waals surface area contributed by atoms with Crippen LogP contribution in [0.15, 0.2) is 35.1 Å². The van der Waals surface area contributed by atoms with E-state index < -0.39 is 11.8 Å². The fraction of sp³-hybridized carbons (Fsp3) is 0.235. The molecule has 0 bridgehead atoms. The van der Waals surface area contributed by atoms with Crippen molar-refractivity contribution in [2.45, 2.75) is 20.3 Å². The van der Waals surface area contributed by atoms with Crippen LogP contribution >= 0.6 is 0 Å². The van der Waals surface area contributed by atoms with Gasteiger partial charge in [-0.25, -0.2) is 0 Å². The monoisotopic (exact) mass is 311 g/mol. The molecule has 118 valence electrons. The van der Waals surface area contributed by atoms with E-state index in [1.54, 1.807) is 30.3 Å². The quantitative estimate of drug-likeness (QED) is 0.879. The number of aromatic amines is 1. The molecule has 0 spiro atoms. The topological polar surface area (TPSA) is 73.5 Å². The number of H-pyrrole nitrogens is 1. The number of aromatic nitrogens is 1. The molecule has 1 aliphatic rings. The van der Waals surface area contributed by atoms with Crippen molar-refractivity contribution in [1.29, 1.82) is 0 Å². The Balaban J connectivity index is 2.04. The van der Waals surface area contributed by atoms with Crippen LogP contribution in [0.1, 0.15) is 38.9 Å². The van der Waals surface area contributed by atoms with Crippen LogP contribution in [0.25, 0.3) is 0 Å². The largest absolute Gasteiger partial charge is 0.324 e. The maximum Gasteiger partial charge on any atom is 0.280 e. The van der Waals surface area contributed by atoms with Gasteiger partial charge >= 0.3 is 0 Å². The van der Waals surface area contributed by atoms with Gasteiger partial charge in [0.05, 0.1) is 11.1 Å². The summed E-state index contributed by atoms with van der Waals surface area (Å²) in [6.45, 7) is 3.83. The predicted molar refractivity (Wildman–Crippen MR) is 86.5 cm³/mol. The summed E-state index contributed by atoms with van der Waals surface area (Å²) in [5, 5.41) is 2.32. The molecule has 0 radical (unpaired) electrons. The van der Waals surface area contributed by atoms with Crippen LogP contribution in [-0.4, -0.2) is 28.9 Å². The van der Waals surface area contributed by atoms with Crippen molar-refractivity contribution in [3.8, 4) is 0 Å². The number of hydrogen-bond donors (Lipinski definition) is 1. The van der Waals surface area contributed by atoms with Crippen molar-refractivity contribution in [2.24, 2.45) is 0 Å². The molecule has 0 saturated heterocycles. The average Bonchev–Trinajstić information content (AvgIpc) is 2.80. The van der Waals surface area contributed by atoms with E-state index in [0.717, 1.165) is 16.3 Å². The molecule has 2 amide bonds. The zero-order chi connectivity index (χ0) is 16.7. The number of amides is 2. The second-order valence-electron chi connectivity index (χ2n) is 5.49. The van der Waals surface area contributed by atoms with Crippen molar-refractivity contribution >= 4 is 17.5 Å². The Morgan fingerprint density at radius 2 is 1.65 bits per heavy atom. The summed E-state index contributed by atoms with van der Waals surface area (Å²) >= 11 is 0. The van der Waals surface area contributed by atoms with Crippen molar-refractivity contribution < 1.29 is 9.59 Å². The maximum atomic E-state index is 12.5. The first-order valence-corrected chi connectivity index (χ1v) is 7.40. The molecule has 23 heavy (non-hydrogen) atoms. The smallest absolute Gasteiger partial charge is 0.280 e. The number of nitrogens with one attached hydrogen (secondary N) is 1. The molecule has 2 heterocycles. The molecule has 0 saturated carbocycles. The first-order valence-electron chi connectivity index (χ1n) is 7.40. The summed E-state index contributed by atoms with van der Waals surface area (Å²) in [4.78, 5) is 40.1. The van der Waals surface area contributed by atoms with Crippen molar-refractivity contribution in [2.75, 3.05) is 12.1 Å². The standard InChI is InChI=1S/C17H17N3O3/c1-4-13-10(2)9-14(15(21)18-13)19(3)20-16(22)11-7-5-6-8-12(11)17(20)23/h5-9H,4H2,1-3H3,(H,18,21). The Morgan fingerprint density at radius 3 is 2.17 bits per heavy atom. The van der Waals surface area contributed by atoms with Gasteiger partial charge in [-0.1, -0.05) is 19.1 Å². The molecule has 1 N–H and O–H groups in total. The number of anilines is 1. The van der Waals surface area contributed by atoms with Gasteiger partial charge in [0.15, 0.2) is 0 Å². The van der Waals surface area contributed by atoms with Crippen LogP contribution in [0.5, 0.6) is 0 Å². The number of rotatable bonds is 3. The second-order valence-corrected chi connectivity index (χ2v) is 5.49. The minimum absolute atomic E-state index is 0.259. The molecule has 2 aromatic rings. The highest BCUT2D eigenvalue weighted by atomic mass is 16.2. The third kappa shape index (κ3) is 2.23. The van der Waals surface area contributed by atoms with Gasteiger partial charge in [-0.15, -0.1) is 0 Å². The number of nitrogens with zero attached hydrogens (tertiary/aromatic N) is 2. The number of carbonyl (C=O) groups is 2. The second kappa shape index (κ2) is 5.39. The van der Waals surface area contributed by atoms with Crippen LogP contribution in [0.4, 0.5) is 5.69 Å². The lowest BCUT2D eigenvalue weighted by Gasteiger charge is -2.27. The Labute approximate surface area is 133 Å². The van der Waals surface area contributed by atoms with E-state index in [1.165, 1.54) is 12.1 Å². The van der Waals surface area contributed by atoms with E-state index in [4.69, 9.17) is 0 Å². The molecule has 1 aliphatic heterocycles. The molecule has 0 unspecified atom stereocenters. The number of carbonyl (C=O) groups excluding carboxylic acids is 2. The van der Waals surface area contributed by atoms with E-state index in [2.05, 4.69) is 4.98 Å². The number of hydrazine groups is 1. The third-order valence-corrected chi connectivity index (χ3v) is 4.10. The van der Waals surface area contributed by atoms with Crippen LogP contribution in [0.2, 0.25) is 0 Å². The summed E-state index contributed by atoms with van der Waals surface area (Å²) < 4.78 is 0. The van der Waals surface area contributed by atoms with Gasteiger partial charge in [0.1, 0.15) is 5.69 Å². The summed E-state index contributed by atoms with van der Waals surface area (Å²) in [5.41, 5.74) is 2.38. The highest BCUT2D eigenvalue weighted by Crippen LogP contribution is 2.25. The Hall–Kier alpha value is -2.89. The third-order valence-electron chi connectivity index (χ3n) is 4.10. The minimum Gasteiger partial charge on any atom is -0.324 e. The lowest BCUT2D eigenvalue weighted by atomic mass is 10.1. The Bertz CT molecular complexity index is 835. The number of aryl methyl sites for hydroxylation is 2. The van der Waals surface area contributed by atoms with Gasteiger partial charge < -0.3 is 4.98 Å². The highest BCUT2D eigenvalue weighted by Gasteiger charge is 2.38. The van der Waals surface area contributed by atoms with Crippen LogP contribution in [-0.2, 0) is 6.42 Å². The fourth-order valence-electron chi connectivity index (χ4n) is 2.82. The average molecular weight is 311 g/mol. The lowest BCUT2D eigenvalue weighted by molar-refractivity contribution is 0.0644. The molecule has 0 fully saturated rings. The van der Waals surface area contributed by atoms with E-state index in [9.17, 15) is 14.4 Å². The molecule has 1 aromatic carbocycles. The normalized spacial score (nSPS) is 13.4. The van der Waals surface area contributed by atoms with Gasteiger partial charge in [-0.2, -0.15) is 5.01 Å². The van der Waals surface area contributed by atoms with Gasteiger partial charge in [0.2, 0.25) is 0 Å². The maximum absolute atomic E-state index is 12.5. The molecule has 0 aliphatic carbocycles. The zero-order valence-electron chi connectivity index (χ0n) is 13.2. The van der Waals surface area contributed by atoms with Crippen LogP contribution < -0.4 is 10.6 Å². The predicted octanol–water partition coefficient (Wildman–Crippen LogP) is 1.89. The van der Waals surface area contributed by atoms with Crippen molar-refractivity contribution in [3.05, 3.63) is 63.1 Å². The number of pyridine rings is 1. The molecular weight excluding hydrogens is 294 g/mol. The van der Waals surface area contributed by atoms with Gasteiger partial charge in [0.25, 0.3) is 17.4 Å². The van der Waals surface area contributed by atoms with E-state index in [-0.39, 0.29) is 11.2 Å². The summed E-state index contributed by atoms with van der Waals surface area (Å²) in [5.74, 6) is -0.852. The van der Waals surface area contributed by atoms with Gasteiger partial charge in [-0.3, -0.25) is 19.4 Å². The molecule has 6 nitrogen and oxygen atoms in total. The van der Waals surface area contributed by atoms with Crippen LogP contribution in [0, 0.1) is 6.92 Å². The molecule has 3 rings (SSSR count). The minimum atomic E-state index is -0.426. The molecule has 6 heteroatoms. The zero-order valence-corrected chi connectivity index (χ0v) is 13.2. The van der Waals surface area contributed by atoms with E-state index >= 15 is 0 Å². The van der Waals surface area contributed by atoms with E-state index in [0.29, 0.717) is 17.5 Å². The first kappa shape index (κ1) is 15.0. The van der Waals surface area contributed by atoms with Crippen molar-refractivity contribution in [1.82, 2.24) is 9.99 Å². The SMILES string of the molecule is CCc1[nH]c(=O)c(N(C)N2C(=O)c3ccccc3C2=O)cc1C. The highest BCUT2D eigenvalue weighted by molar-refractivity contribution is 6.22. The number of imide groups is 1.